The van der Waals surface area contributed by atoms with Crippen LogP contribution >= 0.6 is 0 Å². The van der Waals surface area contributed by atoms with Crippen molar-refractivity contribution in [2.45, 2.75) is 367 Å². The molecular weight excluding hydrogens is 961 g/mol. The van der Waals surface area contributed by atoms with E-state index in [2.05, 4.69) is 81.5 Å². The Morgan fingerprint density at radius 2 is 0.500 bits per heavy atom. The molecular formula is C72H130O6. The van der Waals surface area contributed by atoms with Crippen LogP contribution < -0.4 is 0 Å². The van der Waals surface area contributed by atoms with Crippen molar-refractivity contribution in [2.24, 2.45) is 0 Å². The molecule has 0 radical (unpaired) electrons. The summed E-state index contributed by atoms with van der Waals surface area (Å²) in [6.45, 7) is 6.52. The fourth-order valence-corrected chi connectivity index (χ4v) is 10.1. The normalized spacial score (nSPS) is 12.4. The lowest BCUT2D eigenvalue weighted by Crippen LogP contribution is -2.30. The first kappa shape index (κ1) is 75.1. The Morgan fingerprint density at radius 3 is 0.821 bits per heavy atom. The average Bonchev–Trinajstić information content (AvgIpc) is 3.44. The average molecular weight is 1090 g/mol. The minimum Gasteiger partial charge on any atom is -0.462 e. The lowest BCUT2D eigenvalue weighted by atomic mass is 10.0. The van der Waals surface area contributed by atoms with Gasteiger partial charge in [0.2, 0.25) is 0 Å². The number of esters is 3. The molecule has 6 heteroatoms. The van der Waals surface area contributed by atoms with Crippen LogP contribution in [0.3, 0.4) is 0 Å². The number of hydrogen-bond acceptors (Lipinski definition) is 6. The van der Waals surface area contributed by atoms with Gasteiger partial charge in [-0.25, -0.2) is 0 Å². The van der Waals surface area contributed by atoms with E-state index in [0.29, 0.717) is 19.3 Å². The molecule has 0 spiro atoms. The Morgan fingerprint density at radius 1 is 0.269 bits per heavy atom. The van der Waals surface area contributed by atoms with Crippen LogP contribution in [0.5, 0.6) is 0 Å². The molecule has 0 saturated heterocycles. The molecule has 0 aliphatic carbocycles. The van der Waals surface area contributed by atoms with E-state index in [0.717, 1.165) is 77.0 Å². The van der Waals surface area contributed by atoms with E-state index >= 15 is 0 Å². The third-order valence-corrected chi connectivity index (χ3v) is 15.3. The second kappa shape index (κ2) is 66.6. The molecule has 0 aliphatic rings. The molecule has 454 valence electrons. The fourth-order valence-electron chi connectivity index (χ4n) is 10.1. The second-order valence-electron chi connectivity index (χ2n) is 23.1. The summed E-state index contributed by atoms with van der Waals surface area (Å²) in [5, 5.41) is 0. The monoisotopic (exact) mass is 1090 g/mol. The summed E-state index contributed by atoms with van der Waals surface area (Å²) in [5.41, 5.74) is 0. The summed E-state index contributed by atoms with van der Waals surface area (Å²) in [6, 6.07) is 0. The summed E-state index contributed by atoms with van der Waals surface area (Å²) in [4.78, 5) is 38.2. The Hall–Kier alpha value is -2.89. The van der Waals surface area contributed by atoms with Crippen LogP contribution in [-0.2, 0) is 28.6 Å². The van der Waals surface area contributed by atoms with Gasteiger partial charge in [-0.05, 0) is 83.5 Å². The van der Waals surface area contributed by atoms with Gasteiger partial charge < -0.3 is 14.2 Å². The fraction of sp³-hybridized carbons (Fsp3) is 0.819. The van der Waals surface area contributed by atoms with E-state index in [4.69, 9.17) is 14.2 Å². The van der Waals surface area contributed by atoms with Gasteiger partial charge in [-0.1, -0.05) is 319 Å². The zero-order valence-electron chi connectivity index (χ0n) is 52.2. The van der Waals surface area contributed by atoms with Crippen molar-refractivity contribution >= 4 is 17.9 Å². The van der Waals surface area contributed by atoms with Crippen molar-refractivity contribution in [1.82, 2.24) is 0 Å². The van der Waals surface area contributed by atoms with Gasteiger partial charge in [0.1, 0.15) is 13.2 Å². The maximum Gasteiger partial charge on any atom is 0.306 e. The first-order chi connectivity index (χ1) is 38.5. The molecule has 78 heavy (non-hydrogen) atoms. The number of carbonyl (C=O) groups is 3. The minimum absolute atomic E-state index is 0.0867. The zero-order valence-corrected chi connectivity index (χ0v) is 52.2. The van der Waals surface area contributed by atoms with Crippen molar-refractivity contribution in [3.63, 3.8) is 0 Å². The quantitative estimate of drug-likeness (QED) is 0.0261. The molecule has 0 aliphatic heterocycles. The van der Waals surface area contributed by atoms with Gasteiger partial charge in [-0.2, -0.15) is 0 Å². The van der Waals surface area contributed by atoms with Gasteiger partial charge in [0.05, 0.1) is 0 Å². The highest BCUT2D eigenvalue weighted by molar-refractivity contribution is 5.71. The van der Waals surface area contributed by atoms with E-state index < -0.39 is 6.10 Å². The van der Waals surface area contributed by atoms with Crippen molar-refractivity contribution in [3.8, 4) is 0 Å². The van der Waals surface area contributed by atoms with Crippen molar-refractivity contribution in [1.29, 1.82) is 0 Å². The number of rotatable bonds is 63. The topological polar surface area (TPSA) is 78.9 Å². The molecule has 0 aromatic heterocycles. The largest absolute Gasteiger partial charge is 0.462 e. The molecule has 0 fully saturated rings. The lowest BCUT2D eigenvalue weighted by molar-refractivity contribution is -0.167. The smallest absolute Gasteiger partial charge is 0.306 e. The Balaban J connectivity index is 4.02. The predicted octanol–water partition coefficient (Wildman–Crippen LogP) is 23.5. The standard InChI is InChI=1S/C72H130O6/c1-4-7-10-13-16-19-22-24-26-27-28-29-30-31-32-33-34-35-36-37-38-39-40-41-42-43-44-45-47-48-50-53-56-59-62-65-71(74)77-68-69(67-76-70(73)64-61-58-55-52-21-18-15-12-9-6-3)78-72(75)66-63-60-57-54-51-49-46-25-23-20-17-14-11-8-5-2/h8,11,17,20,25,27-28,46,51,54,69H,4-7,9-10,12-16,18-19,21-24,26,29-45,47-50,52-53,55-68H2,1-3H3/b11-8-,20-17-,28-27-,46-25-,54-51-. The van der Waals surface area contributed by atoms with Crippen LogP contribution in [0.4, 0.5) is 0 Å². The van der Waals surface area contributed by atoms with Gasteiger partial charge in [0.25, 0.3) is 0 Å². The van der Waals surface area contributed by atoms with Crippen molar-refractivity contribution in [3.05, 3.63) is 60.8 Å². The van der Waals surface area contributed by atoms with Crippen LogP contribution in [0.2, 0.25) is 0 Å². The maximum absolute atomic E-state index is 12.8. The van der Waals surface area contributed by atoms with Crippen LogP contribution in [0, 0.1) is 0 Å². The molecule has 0 aromatic carbocycles. The minimum atomic E-state index is -0.792. The van der Waals surface area contributed by atoms with Crippen LogP contribution in [-0.4, -0.2) is 37.2 Å². The van der Waals surface area contributed by atoms with Crippen LogP contribution in [0.15, 0.2) is 60.8 Å². The van der Waals surface area contributed by atoms with E-state index in [1.54, 1.807) is 0 Å². The summed E-state index contributed by atoms with van der Waals surface area (Å²) in [7, 11) is 0. The Kier molecular flexibility index (Phi) is 64.2. The molecule has 0 aromatic rings. The first-order valence-corrected chi connectivity index (χ1v) is 34.3. The van der Waals surface area contributed by atoms with Crippen molar-refractivity contribution < 1.29 is 28.6 Å². The summed E-state index contributed by atoms with van der Waals surface area (Å²) in [6.07, 6.45) is 85.7. The SMILES string of the molecule is CC/C=C\C/C=C\C/C=C\C/C=C\CCCCC(=O)OC(COC(=O)CCCCCCCCCCCC)COC(=O)CCCCCCCCCCCCCCCCCCCCCCCCC/C=C\CCCCCCCCCC. The molecule has 6 nitrogen and oxygen atoms in total. The molecule has 0 bridgehead atoms. The third kappa shape index (κ3) is 63.9. The maximum atomic E-state index is 12.8. The molecule has 0 N–H and O–H groups in total. The molecule has 0 saturated carbocycles. The number of unbranched alkanes of at least 4 members (excludes halogenated alkanes) is 42. The van der Waals surface area contributed by atoms with Gasteiger partial charge >= 0.3 is 17.9 Å². The van der Waals surface area contributed by atoms with Crippen LogP contribution in [0.1, 0.15) is 361 Å². The van der Waals surface area contributed by atoms with E-state index in [-0.39, 0.29) is 37.5 Å². The summed E-state index contributed by atoms with van der Waals surface area (Å²) < 4.78 is 16.8. The highest BCUT2D eigenvalue weighted by Crippen LogP contribution is 2.18. The predicted molar refractivity (Wildman–Crippen MR) is 339 cm³/mol. The number of carbonyl (C=O) groups excluding carboxylic acids is 3. The summed E-state index contributed by atoms with van der Waals surface area (Å²) in [5.74, 6) is -0.913. The van der Waals surface area contributed by atoms with Gasteiger partial charge in [-0.15, -0.1) is 0 Å². The second-order valence-corrected chi connectivity index (χ2v) is 23.1. The highest BCUT2D eigenvalue weighted by atomic mass is 16.6. The van der Waals surface area contributed by atoms with Gasteiger partial charge in [0.15, 0.2) is 6.10 Å². The number of allylic oxidation sites excluding steroid dienone is 10. The molecule has 0 heterocycles. The van der Waals surface area contributed by atoms with Gasteiger partial charge in [-0.3, -0.25) is 14.4 Å². The van der Waals surface area contributed by atoms with Crippen molar-refractivity contribution in [2.75, 3.05) is 13.2 Å². The molecule has 1 unspecified atom stereocenters. The summed E-state index contributed by atoms with van der Waals surface area (Å²) >= 11 is 0. The third-order valence-electron chi connectivity index (χ3n) is 15.3. The number of ether oxygens (including phenoxy) is 3. The highest BCUT2D eigenvalue weighted by Gasteiger charge is 2.19. The van der Waals surface area contributed by atoms with Crippen LogP contribution in [0.25, 0.3) is 0 Å². The van der Waals surface area contributed by atoms with Gasteiger partial charge in [0, 0.05) is 19.3 Å². The Bertz CT molecular complexity index is 1390. The van der Waals surface area contributed by atoms with E-state index in [1.165, 1.54) is 238 Å². The molecule has 1 atom stereocenters. The van der Waals surface area contributed by atoms with E-state index in [9.17, 15) is 14.4 Å². The Labute approximate surface area is 485 Å². The number of hydrogen-bond donors (Lipinski definition) is 0. The lowest BCUT2D eigenvalue weighted by Gasteiger charge is -2.18. The molecule has 0 rings (SSSR count). The zero-order chi connectivity index (χ0) is 56.4. The van der Waals surface area contributed by atoms with E-state index in [1.807, 2.05) is 0 Å². The first-order valence-electron chi connectivity index (χ1n) is 34.3. The molecule has 0 amide bonds.